The molecule has 2 heterocycles. The number of rotatable bonds is 6. The van der Waals surface area contributed by atoms with Crippen molar-refractivity contribution in [2.45, 2.75) is 23.9 Å². The number of carbonyl (C=O) groups is 1. The lowest BCUT2D eigenvalue weighted by molar-refractivity contribution is -0.120. The number of benzene rings is 1. The average molecular weight is 364 g/mol. The molecule has 1 aromatic carbocycles. The number of furan rings is 1. The lowest BCUT2D eigenvalue weighted by atomic mass is 10.2. The van der Waals surface area contributed by atoms with Crippen LogP contribution in [0.15, 0.2) is 56.7 Å². The van der Waals surface area contributed by atoms with Crippen molar-refractivity contribution in [1.29, 1.82) is 0 Å². The Bertz CT molecular complexity index is 820. The molecule has 8 heteroatoms. The first kappa shape index (κ1) is 16.6. The maximum atomic E-state index is 12.1. The van der Waals surface area contributed by atoms with E-state index in [-0.39, 0.29) is 11.2 Å². The van der Waals surface area contributed by atoms with Crippen LogP contribution >= 0.6 is 23.4 Å². The van der Waals surface area contributed by atoms with Crippen LogP contribution in [-0.4, -0.2) is 21.4 Å². The summed E-state index contributed by atoms with van der Waals surface area (Å²) in [6.07, 6.45) is 1.56. The zero-order valence-electron chi connectivity index (χ0n) is 12.7. The van der Waals surface area contributed by atoms with Gasteiger partial charge in [-0.25, -0.2) is 0 Å². The standard InChI is InChI=1S/C16H14ClN3O3S/c1-10(14(21)18-9-13-6-3-7-22-13)24-16-20-19-15(23-16)11-4-2-5-12(17)8-11/h2-8,10H,9H2,1H3,(H,18,21)/t10-/m1/s1. The van der Waals surface area contributed by atoms with Crippen molar-refractivity contribution in [3.63, 3.8) is 0 Å². The molecule has 0 aliphatic heterocycles. The summed E-state index contributed by atoms with van der Waals surface area (Å²) in [5.74, 6) is 0.920. The number of amides is 1. The Labute approximate surface area is 147 Å². The Balaban J connectivity index is 1.58. The van der Waals surface area contributed by atoms with E-state index in [2.05, 4.69) is 15.5 Å². The van der Waals surface area contributed by atoms with Gasteiger partial charge in [0.25, 0.3) is 5.22 Å². The molecule has 0 spiro atoms. The molecule has 124 valence electrons. The van der Waals surface area contributed by atoms with Crippen molar-refractivity contribution < 1.29 is 13.6 Å². The highest BCUT2D eigenvalue weighted by atomic mass is 35.5. The summed E-state index contributed by atoms with van der Waals surface area (Å²) in [5, 5.41) is 11.3. The fourth-order valence-corrected chi connectivity index (χ4v) is 2.83. The smallest absolute Gasteiger partial charge is 0.277 e. The van der Waals surface area contributed by atoms with E-state index in [0.29, 0.717) is 28.4 Å². The number of hydrogen-bond acceptors (Lipinski definition) is 6. The van der Waals surface area contributed by atoms with Gasteiger partial charge in [-0.2, -0.15) is 0 Å². The molecule has 0 radical (unpaired) electrons. The largest absolute Gasteiger partial charge is 0.467 e. The average Bonchev–Trinajstić information content (AvgIpc) is 3.24. The van der Waals surface area contributed by atoms with Gasteiger partial charge in [0.15, 0.2) is 0 Å². The minimum absolute atomic E-state index is 0.140. The van der Waals surface area contributed by atoms with Crippen LogP contribution in [0.5, 0.6) is 0 Å². The maximum Gasteiger partial charge on any atom is 0.277 e. The second-order valence-corrected chi connectivity index (χ2v) is 6.67. The van der Waals surface area contributed by atoms with E-state index < -0.39 is 0 Å². The molecule has 0 unspecified atom stereocenters. The second kappa shape index (κ2) is 7.55. The van der Waals surface area contributed by atoms with E-state index >= 15 is 0 Å². The van der Waals surface area contributed by atoms with Crippen molar-refractivity contribution in [2.24, 2.45) is 0 Å². The molecule has 0 aliphatic rings. The molecule has 0 aliphatic carbocycles. The van der Waals surface area contributed by atoms with E-state index in [1.165, 1.54) is 11.8 Å². The third-order valence-electron chi connectivity index (χ3n) is 3.14. The summed E-state index contributed by atoms with van der Waals surface area (Å²) in [6, 6.07) is 10.7. The Hall–Kier alpha value is -2.25. The number of halogens is 1. The van der Waals surface area contributed by atoms with E-state index in [1.807, 2.05) is 6.07 Å². The van der Waals surface area contributed by atoms with Gasteiger partial charge in [-0.05, 0) is 37.3 Å². The van der Waals surface area contributed by atoms with Crippen molar-refractivity contribution in [3.8, 4) is 11.5 Å². The molecule has 2 aromatic heterocycles. The zero-order valence-corrected chi connectivity index (χ0v) is 14.3. The number of thioether (sulfide) groups is 1. The van der Waals surface area contributed by atoms with Gasteiger partial charge >= 0.3 is 0 Å². The minimum atomic E-state index is -0.382. The Morgan fingerprint density at radius 3 is 2.96 bits per heavy atom. The summed E-state index contributed by atoms with van der Waals surface area (Å²) < 4.78 is 10.8. The van der Waals surface area contributed by atoms with Crippen LogP contribution in [0.1, 0.15) is 12.7 Å². The first-order valence-corrected chi connectivity index (χ1v) is 8.44. The van der Waals surface area contributed by atoms with Crippen LogP contribution in [0, 0.1) is 0 Å². The van der Waals surface area contributed by atoms with Gasteiger partial charge in [-0.15, -0.1) is 10.2 Å². The molecule has 24 heavy (non-hydrogen) atoms. The number of nitrogens with zero attached hydrogens (tertiary/aromatic N) is 2. The molecule has 1 atom stereocenters. The highest BCUT2D eigenvalue weighted by Gasteiger charge is 2.18. The van der Waals surface area contributed by atoms with Crippen LogP contribution in [0.4, 0.5) is 0 Å². The van der Waals surface area contributed by atoms with Gasteiger partial charge in [0.05, 0.1) is 18.1 Å². The van der Waals surface area contributed by atoms with Gasteiger partial charge in [0.2, 0.25) is 11.8 Å². The Morgan fingerprint density at radius 1 is 1.33 bits per heavy atom. The summed E-state index contributed by atoms with van der Waals surface area (Å²) >= 11 is 7.14. The van der Waals surface area contributed by atoms with E-state index in [1.54, 1.807) is 43.5 Å². The summed E-state index contributed by atoms with van der Waals surface area (Å²) in [5.41, 5.74) is 0.733. The molecule has 0 bridgehead atoms. The second-order valence-electron chi connectivity index (χ2n) is 4.94. The van der Waals surface area contributed by atoms with Crippen LogP contribution in [-0.2, 0) is 11.3 Å². The molecule has 3 aromatic rings. The molecular weight excluding hydrogens is 350 g/mol. The fourth-order valence-electron chi connectivity index (χ4n) is 1.93. The predicted octanol–water partition coefficient (Wildman–Crippen LogP) is 3.78. The maximum absolute atomic E-state index is 12.1. The zero-order chi connectivity index (χ0) is 16.9. The topological polar surface area (TPSA) is 81.2 Å². The molecule has 1 N–H and O–H groups in total. The molecular formula is C16H14ClN3O3S. The van der Waals surface area contributed by atoms with Gasteiger partial charge in [-0.1, -0.05) is 29.4 Å². The predicted molar refractivity (Wildman–Crippen MR) is 90.6 cm³/mol. The highest BCUT2D eigenvalue weighted by molar-refractivity contribution is 8.00. The lowest BCUT2D eigenvalue weighted by Gasteiger charge is -2.08. The van der Waals surface area contributed by atoms with Gasteiger partial charge in [0, 0.05) is 10.6 Å². The van der Waals surface area contributed by atoms with Crippen molar-refractivity contribution in [2.75, 3.05) is 0 Å². The normalized spacial score (nSPS) is 12.1. The number of aromatic nitrogens is 2. The first-order valence-electron chi connectivity index (χ1n) is 7.18. The molecule has 1 amide bonds. The number of hydrogen-bond donors (Lipinski definition) is 1. The molecule has 0 fully saturated rings. The summed E-state index contributed by atoms with van der Waals surface area (Å²) in [4.78, 5) is 12.1. The van der Waals surface area contributed by atoms with Crippen LogP contribution in [0.2, 0.25) is 5.02 Å². The van der Waals surface area contributed by atoms with Crippen LogP contribution in [0.3, 0.4) is 0 Å². The Kier molecular flexibility index (Phi) is 5.22. The molecule has 3 rings (SSSR count). The van der Waals surface area contributed by atoms with Gasteiger partial charge < -0.3 is 14.2 Å². The van der Waals surface area contributed by atoms with E-state index in [4.69, 9.17) is 20.4 Å². The summed E-state index contributed by atoms with van der Waals surface area (Å²) in [6.45, 7) is 2.11. The number of carbonyl (C=O) groups excluding carboxylic acids is 1. The third kappa shape index (κ3) is 4.18. The van der Waals surface area contributed by atoms with E-state index in [9.17, 15) is 4.79 Å². The van der Waals surface area contributed by atoms with Gasteiger partial charge in [-0.3, -0.25) is 4.79 Å². The van der Waals surface area contributed by atoms with Crippen molar-refractivity contribution in [1.82, 2.24) is 15.5 Å². The first-order chi connectivity index (χ1) is 11.6. The van der Waals surface area contributed by atoms with E-state index in [0.717, 1.165) is 5.56 Å². The number of nitrogens with one attached hydrogen (secondary N) is 1. The van der Waals surface area contributed by atoms with Crippen molar-refractivity contribution in [3.05, 3.63) is 53.4 Å². The third-order valence-corrected chi connectivity index (χ3v) is 4.31. The molecule has 6 nitrogen and oxygen atoms in total. The highest BCUT2D eigenvalue weighted by Crippen LogP contribution is 2.27. The monoisotopic (exact) mass is 363 g/mol. The lowest BCUT2D eigenvalue weighted by Crippen LogP contribution is -2.30. The van der Waals surface area contributed by atoms with Gasteiger partial charge in [0.1, 0.15) is 5.76 Å². The van der Waals surface area contributed by atoms with Crippen LogP contribution < -0.4 is 5.32 Å². The fraction of sp³-hybridized carbons (Fsp3) is 0.188. The van der Waals surface area contributed by atoms with Crippen molar-refractivity contribution >= 4 is 29.3 Å². The Morgan fingerprint density at radius 2 is 2.21 bits per heavy atom. The quantitative estimate of drug-likeness (QED) is 0.671. The molecule has 0 saturated carbocycles. The SMILES string of the molecule is C[C@@H](Sc1nnc(-c2cccc(Cl)c2)o1)C(=O)NCc1ccco1. The van der Waals surface area contributed by atoms with Crippen LogP contribution in [0.25, 0.3) is 11.5 Å². The summed E-state index contributed by atoms with van der Waals surface area (Å²) in [7, 11) is 0. The minimum Gasteiger partial charge on any atom is -0.467 e. The molecule has 0 saturated heterocycles.